The van der Waals surface area contributed by atoms with E-state index in [1.165, 1.54) is 0 Å². The van der Waals surface area contributed by atoms with E-state index in [-0.39, 0.29) is 61.3 Å². The molecule has 2 amide bonds. The Hall–Kier alpha value is -4.52. The number of pyridine rings is 2. The van der Waals surface area contributed by atoms with E-state index in [2.05, 4.69) is 56.8 Å². The molecule has 13 nitrogen and oxygen atoms in total. The van der Waals surface area contributed by atoms with E-state index in [9.17, 15) is 19.2 Å². The molecule has 0 saturated carbocycles. The van der Waals surface area contributed by atoms with Crippen LogP contribution in [0.25, 0.3) is 22.1 Å². The molecule has 4 heterocycles. The van der Waals surface area contributed by atoms with E-state index in [4.69, 9.17) is 4.74 Å². The molecule has 13 heteroatoms. The highest BCUT2D eigenvalue weighted by molar-refractivity contribution is 5.90. The molecule has 0 saturated heterocycles. The van der Waals surface area contributed by atoms with Gasteiger partial charge in [0.2, 0.25) is 11.8 Å². The van der Waals surface area contributed by atoms with Crippen molar-refractivity contribution in [2.24, 2.45) is 11.8 Å². The fraction of sp³-hybridized carbons (Fsp3) is 0.667. The SMILES string of the molecule is Cc1nc2cnccc2n1CCCCCCCC(=O)N(C)[C@@H](CC(C)C)C(=O)CCOCCC(=O)[C@H](CC(C)C)N(C)C(=O)CCCCCCCn1c(C)nc2cnccc21. The van der Waals surface area contributed by atoms with Gasteiger partial charge in [-0.15, -0.1) is 0 Å². The van der Waals surface area contributed by atoms with Crippen molar-refractivity contribution in [3.63, 3.8) is 0 Å². The lowest BCUT2D eigenvalue weighted by molar-refractivity contribution is -0.139. The van der Waals surface area contributed by atoms with Crippen LogP contribution in [0.2, 0.25) is 0 Å². The standard InChI is InChI=1S/C48H74N8O5/c1-35(2)31-43(53(7)47(59)19-15-11-9-13-17-27-55-37(5)51-39-33-49-25-21-41(39)55)45(57)23-29-61-30-24-46(58)44(32-36(3)4)54(8)48(60)20-16-12-10-14-18-28-56-38(6)52-40-34-50-26-22-42(40)56/h21-22,25-26,33-36,43-44H,9-20,23-24,27-32H2,1-8H3/t43-,44-/m0/s1. The van der Waals surface area contributed by atoms with Crippen LogP contribution in [0.15, 0.2) is 36.9 Å². The third-order valence-electron chi connectivity index (χ3n) is 11.9. The predicted octanol–water partition coefficient (Wildman–Crippen LogP) is 8.86. The zero-order valence-electron chi connectivity index (χ0n) is 38.5. The minimum atomic E-state index is -0.499. The van der Waals surface area contributed by atoms with Gasteiger partial charge in [-0.25, -0.2) is 9.97 Å². The Labute approximate surface area is 364 Å². The Morgan fingerprint density at radius 2 is 0.951 bits per heavy atom. The van der Waals surface area contributed by atoms with Crippen molar-refractivity contribution in [3.05, 3.63) is 48.6 Å². The van der Waals surface area contributed by atoms with Crippen LogP contribution < -0.4 is 0 Å². The Morgan fingerprint density at radius 3 is 1.34 bits per heavy atom. The van der Waals surface area contributed by atoms with Crippen molar-refractivity contribution in [1.29, 1.82) is 0 Å². The number of rotatable bonds is 30. The third kappa shape index (κ3) is 15.4. The second-order valence-electron chi connectivity index (χ2n) is 17.7. The summed E-state index contributed by atoms with van der Waals surface area (Å²) in [4.78, 5) is 74.1. The van der Waals surface area contributed by atoms with Gasteiger partial charge in [-0.3, -0.25) is 29.1 Å². The molecular weight excluding hydrogens is 769 g/mol. The Bertz CT molecular complexity index is 1850. The zero-order chi connectivity index (χ0) is 44.3. The summed E-state index contributed by atoms with van der Waals surface area (Å²) in [7, 11) is 3.50. The molecule has 4 aromatic rings. The number of likely N-dealkylation sites (N-methyl/N-ethyl adjacent to an activating group) is 2. The lowest BCUT2D eigenvalue weighted by atomic mass is 9.96. The first kappa shape index (κ1) is 49.1. The molecule has 336 valence electrons. The molecule has 4 rings (SSSR count). The summed E-state index contributed by atoms with van der Waals surface area (Å²) in [5.41, 5.74) is 4.08. The van der Waals surface area contributed by atoms with Crippen LogP contribution in [0.3, 0.4) is 0 Å². The number of imidazole rings is 2. The molecule has 0 aromatic carbocycles. The largest absolute Gasteiger partial charge is 0.381 e. The molecule has 0 radical (unpaired) electrons. The molecule has 0 unspecified atom stereocenters. The Kier molecular flexibility index (Phi) is 20.5. The molecule has 0 spiro atoms. The smallest absolute Gasteiger partial charge is 0.222 e. The summed E-state index contributed by atoms with van der Waals surface area (Å²) in [6.45, 7) is 14.5. The van der Waals surface area contributed by atoms with Crippen LogP contribution in [-0.4, -0.2) is 102 Å². The van der Waals surface area contributed by atoms with E-state index in [1.807, 2.05) is 26.0 Å². The maximum Gasteiger partial charge on any atom is 0.222 e. The van der Waals surface area contributed by atoms with Gasteiger partial charge >= 0.3 is 0 Å². The average Bonchev–Trinajstić information content (AvgIpc) is 3.73. The van der Waals surface area contributed by atoms with Crippen molar-refractivity contribution in [3.8, 4) is 0 Å². The van der Waals surface area contributed by atoms with Crippen molar-refractivity contribution in [2.75, 3.05) is 27.3 Å². The highest BCUT2D eigenvalue weighted by Gasteiger charge is 2.29. The van der Waals surface area contributed by atoms with Gasteiger partial charge in [0, 0.05) is 65.3 Å². The zero-order valence-corrected chi connectivity index (χ0v) is 38.5. The maximum absolute atomic E-state index is 13.4. The number of unbranched alkanes of at least 4 members (excludes halogenated alkanes) is 8. The normalized spacial score (nSPS) is 12.8. The van der Waals surface area contributed by atoms with Gasteiger partial charge < -0.3 is 23.7 Å². The summed E-state index contributed by atoms with van der Waals surface area (Å²) in [5, 5.41) is 0. The molecule has 0 aliphatic rings. The van der Waals surface area contributed by atoms with Crippen molar-refractivity contribution >= 4 is 45.4 Å². The van der Waals surface area contributed by atoms with Crippen molar-refractivity contribution in [1.82, 2.24) is 38.9 Å². The maximum atomic E-state index is 13.4. The molecule has 2 atom stereocenters. The summed E-state index contributed by atoms with van der Waals surface area (Å²) >= 11 is 0. The Morgan fingerprint density at radius 1 is 0.574 bits per heavy atom. The van der Waals surface area contributed by atoms with Crippen LogP contribution in [0, 0.1) is 25.7 Å². The molecule has 4 aromatic heterocycles. The molecular formula is C48H74N8O5. The first-order valence-electron chi connectivity index (χ1n) is 23.0. The fourth-order valence-corrected chi connectivity index (χ4v) is 8.31. The average molecular weight is 843 g/mol. The second kappa shape index (κ2) is 25.4. The van der Waals surface area contributed by atoms with Crippen LogP contribution >= 0.6 is 0 Å². The molecule has 0 aliphatic carbocycles. The summed E-state index contributed by atoms with van der Waals surface area (Å²) in [6, 6.07) is 3.02. The van der Waals surface area contributed by atoms with E-state index >= 15 is 0 Å². The van der Waals surface area contributed by atoms with Gasteiger partial charge in [-0.05, 0) is 76.3 Å². The van der Waals surface area contributed by atoms with E-state index in [0.29, 0.717) is 25.7 Å². The van der Waals surface area contributed by atoms with Gasteiger partial charge in [0.15, 0.2) is 11.6 Å². The number of aryl methyl sites for hydroxylation is 4. The van der Waals surface area contributed by atoms with Crippen LogP contribution in [0.4, 0.5) is 0 Å². The summed E-state index contributed by atoms with van der Waals surface area (Å²) in [5.74, 6) is 2.46. The molecule has 0 aliphatic heterocycles. The minimum absolute atomic E-state index is 0.00153. The predicted molar refractivity (Wildman–Crippen MR) is 242 cm³/mol. The number of carbonyl (C=O) groups excluding carboxylic acids is 4. The van der Waals surface area contributed by atoms with E-state index < -0.39 is 12.1 Å². The highest BCUT2D eigenvalue weighted by Crippen LogP contribution is 2.20. The van der Waals surface area contributed by atoms with Crippen molar-refractivity contribution in [2.45, 2.75) is 169 Å². The van der Waals surface area contributed by atoms with Gasteiger partial charge in [0.1, 0.15) is 22.7 Å². The first-order valence-corrected chi connectivity index (χ1v) is 23.0. The number of hydrogen-bond donors (Lipinski definition) is 0. The first-order chi connectivity index (χ1) is 29.3. The summed E-state index contributed by atoms with van der Waals surface area (Å²) < 4.78 is 10.3. The number of amides is 2. The van der Waals surface area contributed by atoms with E-state index in [0.717, 1.165) is 111 Å². The van der Waals surface area contributed by atoms with Crippen LogP contribution in [0.5, 0.6) is 0 Å². The van der Waals surface area contributed by atoms with E-state index in [1.54, 1.807) is 48.7 Å². The second-order valence-corrected chi connectivity index (χ2v) is 17.7. The number of hydrogen-bond acceptors (Lipinski definition) is 9. The fourth-order valence-electron chi connectivity index (χ4n) is 8.31. The lowest BCUT2D eigenvalue weighted by Crippen LogP contribution is -2.44. The number of ketones is 2. The number of carbonyl (C=O) groups is 4. The molecule has 0 N–H and O–H groups in total. The summed E-state index contributed by atoms with van der Waals surface area (Å²) in [6.07, 6.45) is 19.5. The van der Waals surface area contributed by atoms with Gasteiger partial charge in [-0.2, -0.15) is 0 Å². The number of aromatic nitrogens is 6. The number of Topliss-reactive ketones (excluding diaryl/α,β-unsaturated/α-hetero) is 2. The van der Waals surface area contributed by atoms with Gasteiger partial charge in [0.25, 0.3) is 0 Å². The van der Waals surface area contributed by atoms with Crippen LogP contribution in [0.1, 0.15) is 142 Å². The van der Waals surface area contributed by atoms with Crippen LogP contribution in [-0.2, 0) is 37.0 Å². The lowest BCUT2D eigenvalue weighted by Gasteiger charge is -2.29. The number of fused-ring (bicyclic) bond motifs is 2. The monoisotopic (exact) mass is 843 g/mol. The van der Waals surface area contributed by atoms with Crippen molar-refractivity contribution < 1.29 is 23.9 Å². The number of ether oxygens (including phenoxy) is 1. The molecule has 0 bridgehead atoms. The van der Waals surface area contributed by atoms with Gasteiger partial charge in [-0.1, -0.05) is 66.2 Å². The molecule has 0 fully saturated rings. The minimum Gasteiger partial charge on any atom is -0.381 e. The Balaban J connectivity index is 1.10. The highest BCUT2D eigenvalue weighted by atomic mass is 16.5. The topological polar surface area (TPSA) is 145 Å². The molecule has 61 heavy (non-hydrogen) atoms. The quantitative estimate of drug-likeness (QED) is 0.0470. The number of nitrogens with zero attached hydrogens (tertiary/aromatic N) is 8. The van der Waals surface area contributed by atoms with Gasteiger partial charge in [0.05, 0.1) is 48.7 Å². The third-order valence-corrected chi connectivity index (χ3v) is 11.9.